The second-order valence-electron chi connectivity index (χ2n) is 6.75. The molecule has 0 unspecified atom stereocenters. The lowest BCUT2D eigenvalue weighted by Crippen LogP contribution is -2.52. The van der Waals surface area contributed by atoms with Crippen LogP contribution in [-0.4, -0.2) is 35.2 Å². The number of ether oxygens (including phenoxy) is 1. The second-order valence-corrected chi connectivity index (χ2v) is 7.12. The lowest BCUT2D eigenvalue weighted by molar-refractivity contribution is -0.0914. The van der Waals surface area contributed by atoms with Crippen LogP contribution in [0.1, 0.15) is 36.9 Å². The first-order chi connectivity index (χ1) is 11.2. The molecular weight excluding hydrogens is 308 g/mol. The van der Waals surface area contributed by atoms with Crippen molar-refractivity contribution in [3.63, 3.8) is 0 Å². The summed E-state index contributed by atoms with van der Waals surface area (Å²) in [7, 11) is 0. The monoisotopic (exact) mass is 330 g/mol. The van der Waals surface area contributed by atoms with E-state index in [4.69, 9.17) is 21.3 Å². The minimum absolute atomic E-state index is 0.401. The molecular formula is C19H23ClN2O. The van der Waals surface area contributed by atoms with Crippen LogP contribution in [0.3, 0.4) is 0 Å². The number of aromatic nitrogens is 1. The number of para-hydroxylation sites is 1. The van der Waals surface area contributed by atoms with Crippen LogP contribution >= 0.6 is 11.6 Å². The van der Waals surface area contributed by atoms with Crippen molar-refractivity contribution in [2.24, 2.45) is 0 Å². The fourth-order valence-corrected chi connectivity index (χ4v) is 4.29. The number of hydrogen-bond acceptors (Lipinski definition) is 3. The molecule has 23 heavy (non-hydrogen) atoms. The first-order valence-corrected chi connectivity index (χ1v) is 9.01. The molecule has 0 N–H and O–H groups in total. The molecule has 122 valence electrons. The molecule has 1 aliphatic carbocycles. The zero-order valence-corrected chi connectivity index (χ0v) is 14.4. The van der Waals surface area contributed by atoms with Gasteiger partial charge in [0.1, 0.15) is 0 Å². The van der Waals surface area contributed by atoms with Gasteiger partial charge >= 0.3 is 0 Å². The molecule has 2 heterocycles. The number of halogens is 1. The van der Waals surface area contributed by atoms with Gasteiger partial charge in [-0.25, -0.2) is 4.98 Å². The second kappa shape index (κ2) is 6.39. The third-order valence-corrected chi connectivity index (χ3v) is 5.85. The van der Waals surface area contributed by atoms with Gasteiger partial charge in [0.15, 0.2) is 0 Å². The summed E-state index contributed by atoms with van der Waals surface area (Å²) in [6.07, 6.45) is 5.42. The van der Waals surface area contributed by atoms with Gasteiger partial charge in [0.2, 0.25) is 0 Å². The maximum Gasteiger partial charge on any atom is 0.0740 e. The Morgan fingerprint density at radius 2 is 2.09 bits per heavy atom. The molecule has 4 heteroatoms. The highest BCUT2D eigenvalue weighted by atomic mass is 35.5. The predicted octanol–water partition coefficient (Wildman–Crippen LogP) is 4.34. The van der Waals surface area contributed by atoms with Crippen molar-refractivity contribution in [1.29, 1.82) is 0 Å². The Morgan fingerprint density at radius 3 is 3.00 bits per heavy atom. The zero-order chi connectivity index (χ0) is 15.8. The highest BCUT2D eigenvalue weighted by molar-refractivity contribution is 6.32. The molecule has 0 amide bonds. The summed E-state index contributed by atoms with van der Waals surface area (Å²) in [6.45, 7) is 4.73. The van der Waals surface area contributed by atoms with Crippen LogP contribution < -0.4 is 0 Å². The number of aryl methyl sites for hydroxylation is 1. The highest BCUT2D eigenvalue weighted by Gasteiger charge is 2.34. The summed E-state index contributed by atoms with van der Waals surface area (Å²) in [5, 5.41) is 1.97. The van der Waals surface area contributed by atoms with Crippen molar-refractivity contribution < 1.29 is 4.74 Å². The fraction of sp³-hybridized carbons (Fsp3) is 0.526. The van der Waals surface area contributed by atoms with E-state index >= 15 is 0 Å². The van der Waals surface area contributed by atoms with Gasteiger partial charge in [-0.3, -0.25) is 4.90 Å². The normalized spacial score (nSPS) is 25.5. The SMILES string of the molecule is Cc1c(Cl)c(CN2CCO[C@@H]3CCCC[C@H]32)nc2ccccc12. The van der Waals surface area contributed by atoms with Crippen LogP contribution in [0.5, 0.6) is 0 Å². The van der Waals surface area contributed by atoms with Crippen LogP contribution in [0, 0.1) is 6.92 Å². The van der Waals surface area contributed by atoms with E-state index in [-0.39, 0.29) is 0 Å². The number of morpholine rings is 1. The summed E-state index contributed by atoms with van der Waals surface area (Å²) in [4.78, 5) is 7.39. The maximum absolute atomic E-state index is 6.65. The number of hydrogen-bond donors (Lipinski definition) is 0. The predicted molar refractivity (Wildman–Crippen MR) is 93.9 cm³/mol. The summed E-state index contributed by atoms with van der Waals surface area (Å²) in [5.41, 5.74) is 3.19. The van der Waals surface area contributed by atoms with E-state index in [9.17, 15) is 0 Å². The van der Waals surface area contributed by atoms with Crippen LogP contribution in [0.2, 0.25) is 5.02 Å². The van der Waals surface area contributed by atoms with Gasteiger partial charge in [-0.05, 0) is 31.4 Å². The number of pyridine rings is 1. The standard InChI is InChI=1S/C19H23ClN2O/c1-13-14-6-2-3-7-15(14)21-16(19(13)20)12-22-10-11-23-18-9-5-4-8-17(18)22/h2-3,6-7,17-18H,4-5,8-12H2,1H3/t17-,18-/m1/s1. The molecule has 3 nitrogen and oxygen atoms in total. The molecule has 1 aliphatic heterocycles. The summed E-state index contributed by atoms with van der Waals surface area (Å²) >= 11 is 6.65. The van der Waals surface area contributed by atoms with E-state index in [0.717, 1.165) is 46.9 Å². The van der Waals surface area contributed by atoms with E-state index in [0.29, 0.717) is 12.1 Å². The third-order valence-electron chi connectivity index (χ3n) is 5.35. The molecule has 0 bridgehead atoms. The third kappa shape index (κ3) is 2.86. The lowest BCUT2D eigenvalue weighted by atomic mass is 9.90. The molecule has 2 aromatic rings. The Hall–Kier alpha value is -1.16. The Kier molecular flexibility index (Phi) is 4.27. The molecule has 0 radical (unpaired) electrons. The maximum atomic E-state index is 6.65. The molecule has 1 aromatic heterocycles. The molecule has 1 aromatic carbocycles. The number of fused-ring (bicyclic) bond motifs is 2. The zero-order valence-electron chi connectivity index (χ0n) is 13.6. The quantitative estimate of drug-likeness (QED) is 0.819. The van der Waals surface area contributed by atoms with E-state index < -0.39 is 0 Å². The smallest absolute Gasteiger partial charge is 0.0740 e. The van der Waals surface area contributed by atoms with E-state index in [1.54, 1.807) is 0 Å². The Morgan fingerprint density at radius 1 is 1.26 bits per heavy atom. The number of benzene rings is 1. The molecule has 1 saturated carbocycles. The van der Waals surface area contributed by atoms with Gasteiger partial charge in [-0.2, -0.15) is 0 Å². The van der Waals surface area contributed by atoms with Crippen molar-refractivity contribution in [1.82, 2.24) is 9.88 Å². The Balaban J connectivity index is 1.65. The molecule has 1 saturated heterocycles. The Labute approximate surface area is 142 Å². The number of rotatable bonds is 2. The van der Waals surface area contributed by atoms with Gasteiger partial charge in [0, 0.05) is 24.5 Å². The minimum atomic E-state index is 0.401. The van der Waals surface area contributed by atoms with E-state index in [1.807, 2.05) is 12.1 Å². The van der Waals surface area contributed by atoms with Gasteiger partial charge < -0.3 is 4.74 Å². The van der Waals surface area contributed by atoms with Crippen LogP contribution in [0.25, 0.3) is 10.9 Å². The molecule has 4 rings (SSSR count). The van der Waals surface area contributed by atoms with Crippen LogP contribution in [0.4, 0.5) is 0 Å². The van der Waals surface area contributed by atoms with Crippen molar-refractivity contribution in [3.05, 3.63) is 40.5 Å². The minimum Gasteiger partial charge on any atom is -0.375 e. The summed E-state index contributed by atoms with van der Waals surface area (Å²) in [5.74, 6) is 0. The van der Waals surface area contributed by atoms with Crippen molar-refractivity contribution in [2.75, 3.05) is 13.2 Å². The van der Waals surface area contributed by atoms with Gasteiger partial charge in [-0.15, -0.1) is 0 Å². The van der Waals surface area contributed by atoms with E-state index in [2.05, 4.69) is 24.0 Å². The molecule has 2 fully saturated rings. The summed E-state index contributed by atoms with van der Waals surface area (Å²) < 4.78 is 5.98. The van der Waals surface area contributed by atoms with Crippen LogP contribution in [-0.2, 0) is 11.3 Å². The average molecular weight is 331 g/mol. The van der Waals surface area contributed by atoms with Crippen molar-refractivity contribution in [2.45, 2.75) is 51.3 Å². The first-order valence-electron chi connectivity index (χ1n) is 8.63. The van der Waals surface area contributed by atoms with Gasteiger partial charge in [-0.1, -0.05) is 42.6 Å². The van der Waals surface area contributed by atoms with Crippen molar-refractivity contribution >= 4 is 22.5 Å². The van der Waals surface area contributed by atoms with E-state index in [1.165, 1.54) is 25.7 Å². The van der Waals surface area contributed by atoms with Gasteiger partial charge in [0.05, 0.1) is 28.9 Å². The number of nitrogens with zero attached hydrogens (tertiary/aromatic N) is 2. The molecule has 2 aliphatic rings. The molecule has 2 atom stereocenters. The fourth-order valence-electron chi connectivity index (χ4n) is 4.09. The summed E-state index contributed by atoms with van der Waals surface area (Å²) in [6, 6.07) is 8.78. The Bertz CT molecular complexity index is 716. The first kappa shape index (κ1) is 15.4. The average Bonchev–Trinajstić information content (AvgIpc) is 2.60. The molecule has 0 spiro atoms. The van der Waals surface area contributed by atoms with Gasteiger partial charge in [0.25, 0.3) is 0 Å². The highest BCUT2D eigenvalue weighted by Crippen LogP contribution is 2.32. The largest absolute Gasteiger partial charge is 0.375 e. The van der Waals surface area contributed by atoms with Crippen LogP contribution in [0.15, 0.2) is 24.3 Å². The topological polar surface area (TPSA) is 25.4 Å². The van der Waals surface area contributed by atoms with Crippen molar-refractivity contribution in [3.8, 4) is 0 Å². The lowest BCUT2D eigenvalue weighted by Gasteiger charge is -2.43.